The number of hydrogen-bond acceptors (Lipinski definition) is 7. The summed E-state index contributed by atoms with van der Waals surface area (Å²) in [6.45, 7) is 5.15. The summed E-state index contributed by atoms with van der Waals surface area (Å²) in [6, 6.07) is 6.19. The lowest BCUT2D eigenvalue weighted by Crippen LogP contribution is -2.45. The van der Waals surface area contributed by atoms with Gasteiger partial charge in [0.05, 0.1) is 41.7 Å². The van der Waals surface area contributed by atoms with Crippen LogP contribution in [-0.2, 0) is 35.7 Å². The quantitative estimate of drug-likeness (QED) is 0.387. The molecule has 1 heterocycles. The molecular weight excluding hydrogens is 476 g/mol. The number of rotatable bonds is 11. The lowest BCUT2D eigenvalue weighted by Gasteiger charge is -2.33. The third kappa shape index (κ3) is 6.41. The van der Waals surface area contributed by atoms with Crippen LogP contribution in [0.3, 0.4) is 0 Å². The van der Waals surface area contributed by atoms with Crippen molar-refractivity contribution >= 4 is 39.1 Å². The Kier molecular flexibility index (Phi) is 8.20. The number of carboxylic acids is 1. The van der Waals surface area contributed by atoms with Crippen molar-refractivity contribution in [3.05, 3.63) is 53.2 Å². The summed E-state index contributed by atoms with van der Waals surface area (Å²) in [5, 5.41) is 17.0. The van der Waals surface area contributed by atoms with Crippen molar-refractivity contribution in [3.8, 4) is 0 Å². The zero-order valence-electron chi connectivity index (χ0n) is 19.5. The second-order valence-electron chi connectivity index (χ2n) is 8.38. The van der Waals surface area contributed by atoms with Gasteiger partial charge in [0.25, 0.3) is 0 Å². The standard InChI is InChI=1S/C23H28N4O7S/c1-14(12-27-20-7-5-4-6-17(20)11-24-27)34-23-15(2)19(25-16(3)29)8-9-21(23)35(32,33)26-18(13-28)10-22(30)31/h4-9,11,13-15,18,23,26H,10,12H2,1-3H3,(H,25,29)(H,30,31)/t14-,15?,18+,23?/m1/s1. The average molecular weight is 505 g/mol. The molecule has 35 heavy (non-hydrogen) atoms. The molecule has 188 valence electrons. The topological polar surface area (TPSA) is 157 Å². The highest BCUT2D eigenvalue weighted by Gasteiger charge is 2.38. The van der Waals surface area contributed by atoms with Gasteiger partial charge in [-0.05, 0) is 25.1 Å². The summed E-state index contributed by atoms with van der Waals surface area (Å²) in [4.78, 5) is 33.7. The molecule has 3 rings (SSSR count). The molecule has 1 amide bonds. The predicted molar refractivity (Wildman–Crippen MR) is 127 cm³/mol. The SMILES string of the molecule is CC(=O)NC1=CC=C(S(=O)(=O)N[C@H](C=O)CC(=O)O)C(O[C@H](C)Cn2ncc3ccccc32)C1C. The van der Waals surface area contributed by atoms with Crippen LogP contribution in [0.15, 0.2) is 53.2 Å². The number of nitrogens with zero attached hydrogens (tertiary/aromatic N) is 2. The molecule has 1 aliphatic rings. The molecular formula is C23H28N4O7S. The average Bonchev–Trinajstić information content (AvgIpc) is 3.17. The number of ether oxygens (including phenoxy) is 1. The molecule has 2 aromatic rings. The molecule has 2 unspecified atom stereocenters. The third-order valence-corrected chi connectivity index (χ3v) is 7.11. The molecule has 0 aliphatic heterocycles. The second kappa shape index (κ2) is 10.9. The van der Waals surface area contributed by atoms with Crippen LogP contribution in [0.1, 0.15) is 27.2 Å². The predicted octanol–water partition coefficient (Wildman–Crippen LogP) is 1.33. The number of sulfonamides is 1. The first-order valence-corrected chi connectivity index (χ1v) is 12.4. The monoisotopic (exact) mass is 504 g/mol. The number of benzene rings is 1. The van der Waals surface area contributed by atoms with E-state index < -0.39 is 46.6 Å². The summed E-state index contributed by atoms with van der Waals surface area (Å²) in [7, 11) is -4.30. The van der Waals surface area contributed by atoms with Crippen molar-refractivity contribution in [2.24, 2.45) is 5.92 Å². The van der Waals surface area contributed by atoms with Crippen LogP contribution in [0, 0.1) is 5.92 Å². The highest BCUT2D eigenvalue weighted by Crippen LogP contribution is 2.31. The number of hydrogen-bond donors (Lipinski definition) is 3. The maximum atomic E-state index is 13.1. The van der Waals surface area contributed by atoms with Gasteiger partial charge in [-0.1, -0.05) is 25.1 Å². The smallest absolute Gasteiger partial charge is 0.305 e. The number of allylic oxidation sites excluding steroid dienone is 2. The Labute approximate surface area is 202 Å². The lowest BCUT2D eigenvalue weighted by molar-refractivity contribution is -0.138. The molecule has 4 atom stereocenters. The van der Waals surface area contributed by atoms with E-state index in [1.54, 1.807) is 24.7 Å². The van der Waals surface area contributed by atoms with Gasteiger partial charge >= 0.3 is 5.97 Å². The highest BCUT2D eigenvalue weighted by atomic mass is 32.2. The van der Waals surface area contributed by atoms with Crippen LogP contribution in [0.2, 0.25) is 0 Å². The zero-order chi connectivity index (χ0) is 25.8. The van der Waals surface area contributed by atoms with Crippen LogP contribution >= 0.6 is 0 Å². The number of amides is 1. The molecule has 11 nitrogen and oxygen atoms in total. The highest BCUT2D eigenvalue weighted by molar-refractivity contribution is 7.93. The number of aromatic nitrogens is 2. The minimum atomic E-state index is -4.30. The van der Waals surface area contributed by atoms with E-state index in [0.717, 1.165) is 10.9 Å². The summed E-state index contributed by atoms with van der Waals surface area (Å²) in [6.07, 6.45) is 2.49. The fourth-order valence-electron chi connectivity index (χ4n) is 3.90. The van der Waals surface area contributed by atoms with Gasteiger partial charge in [-0.2, -0.15) is 5.10 Å². The van der Waals surface area contributed by atoms with Gasteiger partial charge in [-0.25, -0.2) is 13.1 Å². The maximum Gasteiger partial charge on any atom is 0.305 e. The number of aliphatic carboxylic acids is 1. The Bertz CT molecular complexity index is 1280. The fraction of sp³-hybridized carbons (Fsp3) is 0.391. The maximum absolute atomic E-state index is 13.1. The molecule has 0 spiro atoms. The molecule has 3 N–H and O–H groups in total. The Morgan fingerprint density at radius 3 is 2.66 bits per heavy atom. The molecule has 12 heteroatoms. The number of carbonyl (C=O) groups excluding carboxylic acids is 2. The van der Waals surface area contributed by atoms with E-state index >= 15 is 0 Å². The summed E-state index contributed by atoms with van der Waals surface area (Å²) >= 11 is 0. The first-order chi connectivity index (χ1) is 16.5. The summed E-state index contributed by atoms with van der Waals surface area (Å²) in [5.74, 6) is -2.21. The fourth-order valence-corrected chi connectivity index (χ4v) is 5.38. The minimum Gasteiger partial charge on any atom is -0.481 e. The van der Waals surface area contributed by atoms with E-state index in [-0.39, 0.29) is 17.1 Å². The van der Waals surface area contributed by atoms with Crippen LogP contribution in [-0.4, -0.2) is 59.7 Å². The molecule has 0 fully saturated rings. The van der Waals surface area contributed by atoms with Crippen molar-refractivity contribution in [2.45, 2.75) is 52.0 Å². The molecule has 0 bridgehead atoms. The van der Waals surface area contributed by atoms with E-state index in [9.17, 15) is 22.8 Å². The largest absolute Gasteiger partial charge is 0.481 e. The third-order valence-electron chi connectivity index (χ3n) is 5.51. The molecule has 0 radical (unpaired) electrons. The van der Waals surface area contributed by atoms with Crippen LogP contribution in [0.5, 0.6) is 0 Å². The van der Waals surface area contributed by atoms with Gasteiger partial charge < -0.3 is 20.0 Å². The van der Waals surface area contributed by atoms with Crippen LogP contribution in [0.25, 0.3) is 10.9 Å². The number of para-hydroxylation sites is 1. The Morgan fingerprint density at radius 1 is 1.29 bits per heavy atom. The summed E-state index contributed by atoms with van der Waals surface area (Å²) in [5.41, 5.74) is 1.36. The van der Waals surface area contributed by atoms with Crippen molar-refractivity contribution in [1.82, 2.24) is 19.8 Å². The number of carboxylic acid groups (broad SMARTS) is 1. The van der Waals surface area contributed by atoms with E-state index in [4.69, 9.17) is 9.84 Å². The molecule has 1 aromatic carbocycles. The van der Waals surface area contributed by atoms with Gasteiger partial charge in [0, 0.05) is 23.9 Å². The zero-order valence-corrected chi connectivity index (χ0v) is 20.4. The Morgan fingerprint density at radius 2 is 2.00 bits per heavy atom. The first-order valence-electron chi connectivity index (χ1n) is 11.0. The van der Waals surface area contributed by atoms with E-state index in [1.165, 1.54) is 19.1 Å². The van der Waals surface area contributed by atoms with Crippen LogP contribution < -0.4 is 10.0 Å². The van der Waals surface area contributed by atoms with Gasteiger partial charge in [0.15, 0.2) is 0 Å². The summed E-state index contributed by atoms with van der Waals surface area (Å²) < 4.78 is 36.4. The Balaban J connectivity index is 1.88. The number of carbonyl (C=O) groups is 3. The van der Waals surface area contributed by atoms with Gasteiger partial charge in [-0.15, -0.1) is 0 Å². The van der Waals surface area contributed by atoms with Crippen LogP contribution in [0.4, 0.5) is 0 Å². The lowest BCUT2D eigenvalue weighted by atomic mass is 9.95. The normalized spacial score (nSPS) is 20.0. The molecule has 1 aromatic heterocycles. The van der Waals surface area contributed by atoms with E-state index in [1.807, 2.05) is 24.3 Å². The van der Waals surface area contributed by atoms with Crippen molar-refractivity contribution in [2.75, 3.05) is 0 Å². The molecule has 0 saturated carbocycles. The molecule has 0 saturated heterocycles. The number of aldehydes is 1. The second-order valence-corrected chi connectivity index (χ2v) is 10.1. The van der Waals surface area contributed by atoms with Crippen molar-refractivity contribution in [3.63, 3.8) is 0 Å². The van der Waals surface area contributed by atoms with Crippen molar-refractivity contribution < 1.29 is 32.6 Å². The minimum absolute atomic E-state index is 0.173. The number of nitrogens with one attached hydrogen (secondary N) is 2. The van der Waals surface area contributed by atoms with Gasteiger partial charge in [0.1, 0.15) is 12.4 Å². The molecule has 1 aliphatic carbocycles. The van der Waals surface area contributed by atoms with Gasteiger partial charge in [-0.3, -0.25) is 14.3 Å². The van der Waals surface area contributed by atoms with E-state index in [0.29, 0.717) is 12.2 Å². The van der Waals surface area contributed by atoms with Gasteiger partial charge in [0.2, 0.25) is 15.9 Å². The van der Waals surface area contributed by atoms with E-state index in [2.05, 4.69) is 15.1 Å². The van der Waals surface area contributed by atoms with Crippen molar-refractivity contribution in [1.29, 1.82) is 0 Å². The first kappa shape index (κ1) is 26.3. The Hall–Kier alpha value is -3.35. The number of fused-ring (bicyclic) bond motifs is 1.